The van der Waals surface area contributed by atoms with Gasteiger partial charge in [0.15, 0.2) is 6.61 Å². The number of hydrogen-bond donors (Lipinski definition) is 1. The maximum absolute atomic E-state index is 13.5. The smallest absolute Gasteiger partial charge is 0.316 e. The van der Waals surface area contributed by atoms with Gasteiger partial charge in [-0.15, -0.1) is 11.8 Å². The second-order valence-electron chi connectivity index (χ2n) is 6.96. The number of thioether (sulfide) groups is 1. The largest absolute Gasteiger partial charge is 0.455 e. The third-order valence-electron chi connectivity index (χ3n) is 4.78. The molecule has 1 N–H and O–H groups in total. The zero-order valence-corrected chi connectivity index (χ0v) is 17.1. The Morgan fingerprint density at radius 1 is 1.21 bits per heavy atom. The number of benzene rings is 1. The van der Waals surface area contributed by atoms with E-state index in [1.807, 2.05) is 7.05 Å². The summed E-state index contributed by atoms with van der Waals surface area (Å²) in [4.78, 5) is 37.5. The molecule has 0 spiro atoms. The summed E-state index contributed by atoms with van der Waals surface area (Å²) in [5.74, 6) is -1.33. The first-order valence-electron chi connectivity index (χ1n) is 9.42. The zero-order valence-electron chi connectivity index (χ0n) is 16.3. The monoisotopic (exact) mass is 410 g/mol. The molecular weight excluding hydrogens is 383 g/mol. The van der Waals surface area contributed by atoms with Crippen LogP contribution in [0.3, 0.4) is 0 Å². The molecule has 28 heavy (non-hydrogen) atoms. The molecule has 6 nitrogen and oxygen atoms in total. The molecule has 8 heteroatoms. The quantitative estimate of drug-likeness (QED) is 0.667. The van der Waals surface area contributed by atoms with Crippen LogP contribution in [-0.2, 0) is 19.1 Å². The molecule has 1 aromatic carbocycles. The second-order valence-corrected chi connectivity index (χ2v) is 7.95. The minimum Gasteiger partial charge on any atom is -0.455 e. The van der Waals surface area contributed by atoms with Gasteiger partial charge < -0.3 is 15.0 Å². The highest BCUT2D eigenvalue weighted by Gasteiger charge is 2.22. The van der Waals surface area contributed by atoms with Gasteiger partial charge in [-0.25, -0.2) is 4.39 Å². The molecule has 0 bridgehead atoms. The van der Waals surface area contributed by atoms with Crippen LogP contribution in [0.15, 0.2) is 18.2 Å². The van der Waals surface area contributed by atoms with E-state index in [2.05, 4.69) is 5.32 Å². The van der Waals surface area contributed by atoms with Crippen molar-refractivity contribution in [3.8, 4) is 0 Å². The van der Waals surface area contributed by atoms with Gasteiger partial charge in [-0.3, -0.25) is 14.4 Å². The van der Waals surface area contributed by atoms with Crippen molar-refractivity contribution in [2.75, 3.05) is 30.5 Å². The lowest BCUT2D eigenvalue weighted by Crippen LogP contribution is -2.39. The van der Waals surface area contributed by atoms with E-state index >= 15 is 0 Å². The molecule has 1 saturated carbocycles. The topological polar surface area (TPSA) is 75.7 Å². The van der Waals surface area contributed by atoms with Crippen molar-refractivity contribution in [1.82, 2.24) is 4.90 Å². The van der Waals surface area contributed by atoms with Gasteiger partial charge in [0.2, 0.25) is 5.91 Å². The lowest BCUT2D eigenvalue weighted by Gasteiger charge is -2.31. The van der Waals surface area contributed by atoms with Crippen LogP contribution in [0.1, 0.15) is 37.7 Å². The van der Waals surface area contributed by atoms with Gasteiger partial charge in [-0.1, -0.05) is 25.3 Å². The third kappa shape index (κ3) is 7.14. The SMILES string of the molecule is Cc1ccc(NC(=O)COC(=O)CSCC(=O)N(C)C2CCCCC2)cc1F. The molecule has 0 heterocycles. The van der Waals surface area contributed by atoms with Gasteiger partial charge in [0.25, 0.3) is 5.91 Å². The fourth-order valence-corrected chi connectivity index (χ4v) is 3.78. The van der Waals surface area contributed by atoms with Crippen molar-refractivity contribution in [2.45, 2.75) is 45.1 Å². The molecule has 154 valence electrons. The highest BCUT2D eigenvalue weighted by atomic mass is 32.2. The molecular formula is C20H27FN2O4S. The van der Waals surface area contributed by atoms with Crippen LogP contribution in [0, 0.1) is 12.7 Å². The maximum atomic E-state index is 13.5. The molecule has 1 aliphatic rings. The number of aryl methyl sites for hydroxylation is 1. The average molecular weight is 411 g/mol. The summed E-state index contributed by atoms with van der Waals surface area (Å²) < 4.78 is 18.4. The Balaban J connectivity index is 1.63. The Kier molecular flexibility index (Phi) is 8.76. The Hall–Kier alpha value is -2.09. The Morgan fingerprint density at radius 3 is 2.61 bits per heavy atom. The molecule has 0 unspecified atom stereocenters. The molecule has 0 atom stereocenters. The van der Waals surface area contributed by atoms with E-state index in [9.17, 15) is 18.8 Å². The van der Waals surface area contributed by atoms with Gasteiger partial charge in [-0.2, -0.15) is 0 Å². The van der Waals surface area contributed by atoms with Crippen LogP contribution < -0.4 is 5.32 Å². The zero-order chi connectivity index (χ0) is 20.5. The predicted octanol–water partition coefficient (Wildman–Crippen LogP) is 3.14. The molecule has 0 aromatic heterocycles. The molecule has 0 radical (unpaired) electrons. The van der Waals surface area contributed by atoms with Crippen molar-refractivity contribution in [1.29, 1.82) is 0 Å². The standard InChI is InChI=1S/C20H27FN2O4S/c1-14-8-9-15(10-17(14)21)22-18(24)11-27-20(26)13-28-12-19(25)23(2)16-6-4-3-5-7-16/h8-10,16H,3-7,11-13H2,1-2H3,(H,22,24). The van der Waals surface area contributed by atoms with E-state index in [-0.39, 0.29) is 17.4 Å². The number of amides is 2. The first kappa shape index (κ1) is 22.2. The summed E-state index contributed by atoms with van der Waals surface area (Å²) in [6.07, 6.45) is 5.60. The summed E-state index contributed by atoms with van der Waals surface area (Å²) in [6.45, 7) is 1.17. The number of esters is 1. The van der Waals surface area contributed by atoms with E-state index < -0.39 is 24.3 Å². The van der Waals surface area contributed by atoms with Crippen molar-refractivity contribution >= 4 is 35.2 Å². The molecule has 0 saturated heterocycles. The van der Waals surface area contributed by atoms with Gasteiger partial charge in [0.05, 0.1) is 11.5 Å². The Morgan fingerprint density at radius 2 is 1.93 bits per heavy atom. The lowest BCUT2D eigenvalue weighted by atomic mass is 9.94. The maximum Gasteiger partial charge on any atom is 0.316 e. The number of nitrogens with one attached hydrogen (secondary N) is 1. The first-order chi connectivity index (χ1) is 13.4. The van der Waals surface area contributed by atoms with Crippen molar-refractivity contribution in [3.63, 3.8) is 0 Å². The summed E-state index contributed by atoms with van der Waals surface area (Å²) in [7, 11) is 1.81. The minimum absolute atomic E-state index is 0.00329. The summed E-state index contributed by atoms with van der Waals surface area (Å²) >= 11 is 1.17. The van der Waals surface area contributed by atoms with Crippen LogP contribution in [0.25, 0.3) is 0 Å². The number of ether oxygens (including phenoxy) is 1. The number of carbonyl (C=O) groups is 3. The normalized spacial score (nSPS) is 14.4. The van der Waals surface area contributed by atoms with Gasteiger partial charge in [0.1, 0.15) is 5.82 Å². The Labute approximate surface area is 169 Å². The molecule has 0 aliphatic heterocycles. The van der Waals surface area contributed by atoms with Crippen molar-refractivity contribution in [2.24, 2.45) is 0 Å². The van der Waals surface area contributed by atoms with Gasteiger partial charge >= 0.3 is 5.97 Å². The number of halogens is 1. The van der Waals surface area contributed by atoms with Crippen LogP contribution >= 0.6 is 11.8 Å². The summed E-state index contributed by atoms with van der Waals surface area (Å²) in [6, 6.07) is 4.63. The van der Waals surface area contributed by atoms with E-state index in [0.717, 1.165) is 25.7 Å². The summed E-state index contributed by atoms with van der Waals surface area (Å²) in [5.41, 5.74) is 0.778. The number of hydrogen-bond acceptors (Lipinski definition) is 5. The fraction of sp³-hybridized carbons (Fsp3) is 0.550. The summed E-state index contributed by atoms with van der Waals surface area (Å²) in [5, 5.41) is 2.47. The minimum atomic E-state index is -0.566. The van der Waals surface area contributed by atoms with Crippen LogP contribution in [-0.4, -0.2) is 53.9 Å². The van der Waals surface area contributed by atoms with Crippen LogP contribution in [0.5, 0.6) is 0 Å². The van der Waals surface area contributed by atoms with Crippen LogP contribution in [0.4, 0.5) is 10.1 Å². The molecule has 2 rings (SSSR count). The number of nitrogens with zero attached hydrogens (tertiary/aromatic N) is 1. The van der Waals surface area contributed by atoms with Gasteiger partial charge in [0, 0.05) is 18.8 Å². The third-order valence-corrected chi connectivity index (χ3v) is 5.67. The Bertz CT molecular complexity index is 707. The number of rotatable bonds is 8. The highest BCUT2D eigenvalue weighted by molar-refractivity contribution is 8.00. The average Bonchev–Trinajstić information content (AvgIpc) is 2.69. The van der Waals surface area contributed by atoms with Crippen molar-refractivity contribution < 1.29 is 23.5 Å². The van der Waals surface area contributed by atoms with E-state index in [1.165, 1.54) is 24.2 Å². The highest BCUT2D eigenvalue weighted by Crippen LogP contribution is 2.22. The number of anilines is 1. The predicted molar refractivity (Wildman–Crippen MR) is 108 cm³/mol. The van der Waals surface area contributed by atoms with E-state index in [0.29, 0.717) is 17.3 Å². The first-order valence-corrected chi connectivity index (χ1v) is 10.6. The van der Waals surface area contributed by atoms with E-state index in [1.54, 1.807) is 24.0 Å². The molecule has 1 fully saturated rings. The lowest BCUT2D eigenvalue weighted by molar-refractivity contribution is -0.144. The van der Waals surface area contributed by atoms with E-state index in [4.69, 9.17) is 4.74 Å². The fourth-order valence-electron chi connectivity index (χ4n) is 3.05. The van der Waals surface area contributed by atoms with Crippen molar-refractivity contribution in [3.05, 3.63) is 29.6 Å². The molecule has 1 aromatic rings. The van der Waals surface area contributed by atoms with Crippen LogP contribution in [0.2, 0.25) is 0 Å². The molecule has 1 aliphatic carbocycles. The van der Waals surface area contributed by atoms with Gasteiger partial charge in [-0.05, 0) is 37.5 Å². The second kappa shape index (κ2) is 11.0. The number of carbonyl (C=O) groups excluding carboxylic acids is 3. The molecule has 2 amide bonds.